The van der Waals surface area contributed by atoms with Gasteiger partial charge in [0.1, 0.15) is 0 Å². The van der Waals surface area contributed by atoms with Crippen molar-refractivity contribution in [1.82, 2.24) is 10.2 Å². The van der Waals surface area contributed by atoms with Gasteiger partial charge in [-0.05, 0) is 57.2 Å². The molecule has 3 rings (SSSR count). The first-order valence-corrected chi connectivity index (χ1v) is 7.39. The molecular weight excluding hydrogens is 196 g/mol. The van der Waals surface area contributed by atoms with E-state index in [4.69, 9.17) is 0 Å². The fourth-order valence-electron chi connectivity index (χ4n) is 4.17. The Morgan fingerprint density at radius 1 is 0.938 bits per heavy atom. The first kappa shape index (κ1) is 11.0. The van der Waals surface area contributed by atoms with Crippen molar-refractivity contribution >= 4 is 0 Å². The fraction of sp³-hybridized carbons (Fsp3) is 1.00. The van der Waals surface area contributed by atoms with Gasteiger partial charge in [0.05, 0.1) is 0 Å². The molecule has 0 unspecified atom stereocenters. The molecule has 0 radical (unpaired) electrons. The zero-order valence-electron chi connectivity index (χ0n) is 10.5. The Bertz CT molecular complexity index is 221. The first-order chi connectivity index (χ1) is 7.93. The van der Waals surface area contributed by atoms with Crippen LogP contribution in [0.4, 0.5) is 0 Å². The Kier molecular flexibility index (Phi) is 3.49. The van der Waals surface area contributed by atoms with Crippen LogP contribution in [0.2, 0.25) is 0 Å². The largest absolute Gasteiger partial charge is 0.312 e. The molecule has 0 amide bonds. The van der Waals surface area contributed by atoms with Gasteiger partial charge >= 0.3 is 0 Å². The van der Waals surface area contributed by atoms with Gasteiger partial charge in [0.25, 0.3) is 0 Å². The number of nitrogens with one attached hydrogen (secondary N) is 1. The van der Waals surface area contributed by atoms with Crippen LogP contribution in [-0.4, -0.2) is 37.1 Å². The summed E-state index contributed by atoms with van der Waals surface area (Å²) in [7, 11) is 0. The van der Waals surface area contributed by atoms with Crippen molar-refractivity contribution in [2.75, 3.05) is 26.2 Å². The fourth-order valence-corrected chi connectivity index (χ4v) is 4.17. The lowest BCUT2D eigenvalue weighted by Crippen LogP contribution is -2.52. The Balaban J connectivity index is 1.59. The van der Waals surface area contributed by atoms with Crippen LogP contribution in [0.15, 0.2) is 0 Å². The van der Waals surface area contributed by atoms with E-state index in [1.165, 1.54) is 71.1 Å². The van der Waals surface area contributed by atoms with E-state index in [0.29, 0.717) is 0 Å². The standard InChI is InChI=1S/C14H26N2/c1-2-6-13-12(5-1)7-8-15-14(13)11-16-9-3-4-10-16/h12-15H,1-11H2/t12-,13+,14-/m0/s1. The second-order valence-corrected chi connectivity index (χ2v) is 6.07. The maximum atomic E-state index is 3.80. The van der Waals surface area contributed by atoms with Crippen molar-refractivity contribution in [2.24, 2.45) is 11.8 Å². The van der Waals surface area contributed by atoms with Crippen LogP contribution >= 0.6 is 0 Å². The Morgan fingerprint density at radius 3 is 2.62 bits per heavy atom. The van der Waals surface area contributed by atoms with Crippen LogP contribution in [0.25, 0.3) is 0 Å². The first-order valence-electron chi connectivity index (χ1n) is 7.39. The highest BCUT2D eigenvalue weighted by Gasteiger charge is 2.35. The van der Waals surface area contributed by atoms with Gasteiger partial charge < -0.3 is 10.2 Å². The highest BCUT2D eigenvalue weighted by molar-refractivity contribution is 4.91. The topological polar surface area (TPSA) is 15.3 Å². The second-order valence-electron chi connectivity index (χ2n) is 6.07. The highest BCUT2D eigenvalue weighted by atomic mass is 15.2. The second kappa shape index (κ2) is 5.05. The molecule has 0 aromatic carbocycles. The van der Waals surface area contributed by atoms with Crippen molar-refractivity contribution in [3.8, 4) is 0 Å². The minimum absolute atomic E-state index is 0.817. The summed E-state index contributed by atoms with van der Waals surface area (Å²) in [5, 5.41) is 3.80. The van der Waals surface area contributed by atoms with Gasteiger partial charge in [-0.25, -0.2) is 0 Å². The molecule has 2 nitrogen and oxygen atoms in total. The molecule has 1 aliphatic carbocycles. The number of hydrogen-bond acceptors (Lipinski definition) is 2. The summed E-state index contributed by atoms with van der Waals surface area (Å²) in [5.41, 5.74) is 0. The van der Waals surface area contributed by atoms with Crippen molar-refractivity contribution in [1.29, 1.82) is 0 Å². The third-order valence-corrected chi connectivity index (χ3v) is 5.06. The molecule has 3 fully saturated rings. The van der Waals surface area contributed by atoms with Crippen molar-refractivity contribution in [3.05, 3.63) is 0 Å². The molecule has 2 aliphatic heterocycles. The predicted octanol–water partition coefficient (Wildman–Crippen LogP) is 2.25. The summed E-state index contributed by atoms with van der Waals surface area (Å²) in [6.07, 6.45) is 10.3. The molecule has 2 heterocycles. The van der Waals surface area contributed by atoms with Gasteiger partial charge in [0, 0.05) is 12.6 Å². The monoisotopic (exact) mass is 222 g/mol. The summed E-state index contributed by atoms with van der Waals surface area (Å²) in [4.78, 5) is 2.69. The zero-order valence-corrected chi connectivity index (χ0v) is 10.5. The molecule has 0 aromatic heterocycles. The molecule has 0 spiro atoms. The van der Waals surface area contributed by atoms with E-state index >= 15 is 0 Å². The van der Waals surface area contributed by atoms with Gasteiger partial charge in [0.15, 0.2) is 0 Å². The number of nitrogens with zero attached hydrogens (tertiary/aromatic N) is 1. The number of rotatable bonds is 2. The van der Waals surface area contributed by atoms with E-state index in [2.05, 4.69) is 10.2 Å². The third kappa shape index (κ3) is 2.28. The van der Waals surface area contributed by atoms with Crippen LogP contribution in [-0.2, 0) is 0 Å². The molecule has 1 saturated carbocycles. The normalized spacial score (nSPS) is 40.9. The molecule has 2 saturated heterocycles. The Morgan fingerprint density at radius 2 is 1.75 bits per heavy atom. The summed E-state index contributed by atoms with van der Waals surface area (Å²) >= 11 is 0. The molecule has 3 atom stereocenters. The summed E-state index contributed by atoms with van der Waals surface area (Å²) in [5.74, 6) is 2.06. The molecule has 0 bridgehead atoms. The van der Waals surface area contributed by atoms with Crippen LogP contribution in [0, 0.1) is 11.8 Å². The molecular formula is C14H26N2. The number of fused-ring (bicyclic) bond motifs is 1. The molecule has 1 N–H and O–H groups in total. The average Bonchev–Trinajstić information content (AvgIpc) is 2.82. The summed E-state index contributed by atoms with van der Waals surface area (Å²) in [6, 6.07) is 0.817. The predicted molar refractivity (Wildman–Crippen MR) is 67.5 cm³/mol. The molecule has 3 aliphatic rings. The average molecular weight is 222 g/mol. The van der Waals surface area contributed by atoms with E-state index < -0.39 is 0 Å². The minimum atomic E-state index is 0.817. The van der Waals surface area contributed by atoms with Gasteiger partial charge in [-0.15, -0.1) is 0 Å². The molecule has 0 aromatic rings. The third-order valence-electron chi connectivity index (χ3n) is 5.06. The van der Waals surface area contributed by atoms with Crippen LogP contribution in [0.3, 0.4) is 0 Å². The van der Waals surface area contributed by atoms with Crippen LogP contribution < -0.4 is 5.32 Å². The van der Waals surface area contributed by atoms with Crippen LogP contribution in [0.5, 0.6) is 0 Å². The maximum Gasteiger partial charge on any atom is 0.0225 e. The van der Waals surface area contributed by atoms with E-state index in [-0.39, 0.29) is 0 Å². The highest BCUT2D eigenvalue weighted by Crippen LogP contribution is 2.37. The molecule has 92 valence electrons. The van der Waals surface area contributed by atoms with Crippen molar-refractivity contribution < 1.29 is 0 Å². The lowest BCUT2D eigenvalue weighted by atomic mass is 9.71. The van der Waals surface area contributed by atoms with Crippen LogP contribution in [0.1, 0.15) is 44.9 Å². The zero-order chi connectivity index (χ0) is 10.8. The van der Waals surface area contributed by atoms with Crippen molar-refractivity contribution in [2.45, 2.75) is 51.0 Å². The van der Waals surface area contributed by atoms with E-state index in [1.807, 2.05) is 0 Å². The Hall–Kier alpha value is -0.0800. The summed E-state index contributed by atoms with van der Waals surface area (Å²) in [6.45, 7) is 5.33. The summed E-state index contributed by atoms with van der Waals surface area (Å²) < 4.78 is 0. The number of likely N-dealkylation sites (tertiary alicyclic amines) is 1. The van der Waals surface area contributed by atoms with Gasteiger partial charge in [-0.3, -0.25) is 0 Å². The van der Waals surface area contributed by atoms with E-state index in [9.17, 15) is 0 Å². The van der Waals surface area contributed by atoms with E-state index in [0.717, 1.165) is 17.9 Å². The smallest absolute Gasteiger partial charge is 0.0225 e. The number of piperidine rings is 1. The SMILES string of the molecule is C1CC[C@@H]2[C@@H](C1)CCN[C@H]2CN1CCCC1. The minimum Gasteiger partial charge on any atom is -0.312 e. The lowest BCUT2D eigenvalue weighted by molar-refractivity contribution is 0.110. The van der Waals surface area contributed by atoms with Crippen molar-refractivity contribution in [3.63, 3.8) is 0 Å². The van der Waals surface area contributed by atoms with Gasteiger partial charge in [-0.1, -0.05) is 19.3 Å². The van der Waals surface area contributed by atoms with E-state index in [1.54, 1.807) is 0 Å². The lowest BCUT2D eigenvalue weighted by Gasteiger charge is -2.43. The van der Waals surface area contributed by atoms with Gasteiger partial charge in [0.2, 0.25) is 0 Å². The van der Waals surface area contributed by atoms with Gasteiger partial charge in [-0.2, -0.15) is 0 Å². The number of hydrogen-bond donors (Lipinski definition) is 1. The quantitative estimate of drug-likeness (QED) is 0.771. The molecule has 2 heteroatoms. The maximum absolute atomic E-state index is 3.80. The Labute approximate surface area is 99.8 Å². The molecule has 16 heavy (non-hydrogen) atoms.